The fourth-order valence-corrected chi connectivity index (χ4v) is 3.96. The molecule has 10 heteroatoms. The number of aliphatic imine (C=N–C) groups is 1. The van der Waals surface area contributed by atoms with Crippen LogP contribution in [0.15, 0.2) is 29.3 Å². The third kappa shape index (κ3) is 7.50. The summed E-state index contributed by atoms with van der Waals surface area (Å²) in [5.41, 5.74) is 1.66. The smallest absolute Gasteiger partial charge is 0.357 e. The molecule has 1 saturated heterocycles. The van der Waals surface area contributed by atoms with E-state index in [2.05, 4.69) is 10.3 Å². The number of sulfone groups is 1. The van der Waals surface area contributed by atoms with Gasteiger partial charge in [0.1, 0.15) is 6.04 Å². The van der Waals surface area contributed by atoms with Gasteiger partial charge in [0, 0.05) is 39.0 Å². The Balaban J connectivity index is 1.98. The van der Waals surface area contributed by atoms with Crippen LogP contribution in [-0.2, 0) is 22.1 Å². The van der Waals surface area contributed by atoms with Gasteiger partial charge in [-0.2, -0.15) is 13.2 Å². The molecule has 0 aromatic heterocycles. The number of alkyl halides is 3. The monoisotopic (exact) mass is 434 g/mol. The van der Waals surface area contributed by atoms with Crippen molar-refractivity contribution in [3.63, 3.8) is 0 Å². The number of halogens is 3. The highest BCUT2D eigenvalue weighted by molar-refractivity contribution is 7.89. The van der Waals surface area contributed by atoms with Crippen LogP contribution in [0.4, 0.5) is 13.2 Å². The van der Waals surface area contributed by atoms with Crippen LogP contribution in [0.25, 0.3) is 0 Å². The molecule has 1 unspecified atom stereocenters. The summed E-state index contributed by atoms with van der Waals surface area (Å²) in [5, 5.41) is 3.20. The molecule has 1 atom stereocenters. The Labute approximate surface area is 170 Å². The minimum Gasteiger partial charge on any atom is -0.357 e. The molecule has 164 valence electrons. The summed E-state index contributed by atoms with van der Waals surface area (Å²) >= 11 is 0. The lowest BCUT2D eigenvalue weighted by Gasteiger charge is -2.39. The van der Waals surface area contributed by atoms with Crippen molar-refractivity contribution < 1.29 is 21.6 Å². The number of nitrogens with one attached hydrogen (secondary N) is 1. The van der Waals surface area contributed by atoms with Crippen LogP contribution >= 0.6 is 0 Å². The first kappa shape index (κ1) is 23.5. The van der Waals surface area contributed by atoms with Gasteiger partial charge in [-0.15, -0.1) is 0 Å². The van der Waals surface area contributed by atoms with Crippen molar-refractivity contribution in [2.75, 3.05) is 39.0 Å². The van der Waals surface area contributed by atoms with E-state index in [0.29, 0.717) is 45.2 Å². The summed E-state index contributed by atoms with van der Waals surface area (Å²) in [6, 6.07) is 5.79. The normalized spacial score (nSPS) is 18.0. The summed E-state index contributed by atoms with van der Waals surface area (Å²) < 4.78 is 61.5. The van der Waals surface area contributed by atoms with Crippen LogP contribution in [0.3, 0.4) is 0 Å². The van der Waals surface area contributed by atoms with E-state index in [-0.39, 0.29) is 5.75 Å². The fourth-order valence-electron chi connectivity index (χ4n) is 3.16. The lowest BCUT2D eigenvalue weighted by molar-refractivity contribution is -0.181. The van der Waals surface area contributed by atoms with Crippen LogP contribution < -0.4 is 5.32 Å². The summed E-state index contributed by atoms with van der Waals surface area (Å²) in [5.74, 6) is 0.673. The number of benzene rings is 1. The van der Waals surface area contributed by atoms with E-state index in [4.69, 9.17) is 0 Å². The molecule has 1 aliphatic rings. The minimum absolute atomic E-state index is 0.000184. The molecule has 1 aromatic carbocycles. The van der Waals surface area contributed by atoms with E-state index in [9.17, 15) is 21.6 Å². The van der Waals surface area contributed by atoms with Crippen LogP contribution in [0, 0.1) is 0 Å². The van der Waals surface area contributed by atoms with E-state index < -0.39 is 22.1 Å². The molecule has 0 spiro atoms. The molecule has 6 nitrogen and oxygen atoms in total. The average molecular weight is 435 g/mol. The van der Waals surface area contributed by atoms with E-state index in [1.165, 1.54) is 18.1 Å². The summed E-state index contributed by atoms with van der Waals surface area (Å²) in [6.45, 7) is 5.79. The van der Waals surface area contributed by atoms with Gasteiger partial charge >= 0.3 is 6.18 Å². The lowest BCUT2D eigenvalue weighted by atomic mass is 10.1. The molecule has 0 bridgehead atoms. The van der Waals surface area contributed by atoms with Crippen molar-refractivity contribution in [3.8, 4) is 0 Å². The maximum Gasteiger partial charge on any atom is 0.403 e. The van der Waals surface area contributed by atoms with Gasteiger partial charge in [-0.25, -0.2) is 13.4 Å². The van der Waals surface area contributed by atoms with E-state index in [1.54, 1.807) is 12.1 Å². The SMILES string of the molecule is CCNC(=NCc1ccc(CS(C)(=O)=O)cc1)N1CCN(C(C)C(F)(F)F)CC1. The third-order valence-electron chi connectivity index (χ3n) is 4.83. The Bertz CT molecular complexity index is 787. The average Bonchev–Trinajstić information content (AvgIpc) is 2.64. The molecule has 1 heterocycles. The molecular weight excluding hydrogens is 405 g/mol. The number of rotatable bonds is 6. The van der Waals surface area contributed by atoms with Crippen molar-refractivity contribution in [1.82, 2.24) is 15.1 Å². The van der Waals surface area contributed by atoms with E-state index in [1.807, 2.05) is 24.0 Å². The minimum atomic E-state index is -4.22. The highest BCUT2D eigenvalue weighted by Gasteiger charge is 2.41. The maximum atomic E-state index is 12.9. The van der Waals surface area contributed by atoms with Gasteiger partial charge in [0.2, 0.25) is 0 Å². The second-order valence-electron chi connectivity index (χ2n) is 7.30. The van der Waals surface area contributed by atoms with Crippen molar-refractivity contribution >= 4 is 15.8 Å². The van der Waals surface area contributed by atoms with E-state index >= 15 is 0 Å². The van der Waals surface area contributed by atoms with Crippen LogP contribution in [0.1, 0.15) is 25.0 Å². The Kier molecular flexibility index (Phi) is 7.93. The number of piperazine rings is 1. The van der Waals surface area contributed by atoms with Gasteiger partial charge in [-0.3, -0.25) is 4.90 Å². The maximum absolute atomic E-state index is 12.9. The molecule has 1 aliphatic heterocycles. The molecule has 0 amide bonds. The molecule has 2 rings (SSSR count). The molecule has 29 heavy (non-hydrogen) atoms. The summed E-state index contributed by atoms with van der Waals surface area (Å²) in [6.07, 6.45) is -3.02. The fraction of sp³-hybridized carbons (Fsp3) is 0.632. The number of hydrogen-bond acceptors (Lipinski definition) is 4. The first-order chi connectivity index (χ1) is 13.5. The van der Waals surface area contributed by atoms with Crippen molar-refractivity contribution in [2.45, 2.75) is 38.4 Å². The van der Waals surface area contributed by atoms with E-state index in [0.717, 1.165) is 11.1 Å². The zero-order valence-electron chi connectivity index (χ0n) is 17.0. The lowest BCUT2D eigenvalue weighted by Crippen LogP contribution is -2.56. The van der Waals surface area contributed by atoms with Crippen LogP contribution in [0.5, 0.6) is 0 Å². The first-order valence-corrected chi connectivity index (χ1v) is 11.6. The second-order valence-corrected chi connectivity index (χ2v) is 9.44. The molecular formula is C19H29F3N4O2S. The second kappa shape index (κ2) is 9.80. The predicted molar refractivity (Wildman–Crippen MR) is 108 cm³/mol. The largest absolute Gasteiger partial charge is 0.403 e. The zero-order chi connectivity index (χ0) is 21.7. The first-order valence-electron chi connectivity index (χ1n) is 9.59. The quantitative estimate of drug-likeness (QED) is 0.550. The number of guanidine groups is 1. The highest BCUT2D eigenvalue weighted by Crippen LogP contribution is 2.25. The van der Waals surface area contributed by atoms with Crippen molar-refractivity contribution in [2.24, 2.45) is 4.99 Å². The van der Waals surface area contributed by atoms with Crippen molar-refractivity contribution in [1.29, 1.82) is 0 Å². The highest BCUT2D eigenvalue weighted by atomic mass is 32.2. The third-order valence-corrected chi connectivity index (χ3v) is 5.69. The Morgan fingerprint density at radius 3 is 2.17 bits per heavy atom. The number of nitrogens with zero attached hydrogens (tertiary/aromatic N) is 3. The van der Waals surface area contributed by atoms with Crippen molar-refractivity contribution in [3.05, 3.63) is 35.4 Å². The Hall–Kier alpha value is -1.81. The number of hydrogen-bond donors (Lipinski definition) is 1. The summed E-state index contributed by atoms with van der Waals surface area (Å²) in [4.78, 5) is 8.02. The Morgan fingerprint density at radius 1 is 1.14 bits per heavy atom. The topological polar surface area (TPSA) is 65.0 Å². The predicted octanol–water partition coefficient (Wildman–Crippen LogP) is 2.27. The standard InChI is InChI=1S/C19H29F3N4O2S/c1-4-23-18(26-11-9-25(10-12-26)15(2)19(20,21)22)24-13-16-5-7-17(8-6-16)14-29(3,27)28/h5-8,15H,4,9-14H2,1-3H3,(H,23,24). The van der Waals surface area contributed by atoms with Crippen LogP contribution in [-0.4, -0.2) is 75.4 Å². The van der Waals surface area contributed by atoms with Gasteiger partial charge in [-0.05, 0) is 25.0 Å². The summed E-state index contributed by atoms with van der Waals surface area (Å²) in [7, 11) is -3.08. The molecule has 1 fully saturated rings. The van der Waals surface area contributed by atoms with Gasteiger partial charge in [0.15, 0.2) is 15.8 Å². The van der Waals surface area contributed by atoms with Gasteiger partial charge in [0.25, 0.3) is 0 Å². The molecule has 0 aliphatic carbocycles. The molecule has 0 saturated carbocycles. The Morgan fingerprint density at radius 2 is 1.69 bits per heavy atom. The van der Waals surface area contributed by atoms with Gasteiger partial charge in [-0.1, -0.05) is 24.3 Å². The zero-order valence-corrected chi connectivity index (χ0v) is 17.9. The van der Waals surface area contributed by atoms with Gasteiger partial charge < -0.3 is 10.2 Å². The van der Waals surface area contributed by atoms with Crippen LogP contribution in [0.2, 0.25) is 0 Å². The molecule has 1 aromatic rings. The molecule has 1 N–H and O–H groups in total. The van der Waals surface area contributed by atoms with Gasteiger partial charge in [0.05, 0.1) is 12.3 Å². The molecule has 0 radical (unpaired) electrons.